The van der Waals surface area contributed by atoms with E-state index in [0.717, 1.165) is 10.8 Å². The second-order valence-corrected chi connectivity index (χ2v) is 6.17. The summed E-state index contributed by atoms with van der Waals surface area (Å²) in [5.74, 6) is 0.459. The van der Waals surface area contributed by atoms with Crippen molar-refractivity contribution in [3.63, 3.8) is 0 Å². The summed E-state index contributed by atoms with van der Waals surface area (Å²) in [5, 5.41) is 9.38. The van der Waals surface area contributed by atoms with Gasteiger partial charge in [-0.1, -0.05) is 19.8 Å². The first kappa shape index (κ1) is 12.4. The first-order chi connectivity index (χ1) is 8.17. The van der Waals surface area contributed by atoms with Crippen LogP contribution in [-0.4, -0.2) is 5.25 Å². The molecule has 2 atom stereocenters. The van der Waals surface area contributed by atoms with Gasteiger partial charge in [-0.3, -0.25) is 0 Å². The fraction of sp³-hybridized carbons (Fsp3) is 0.500. The van der Waals surface area contributed by atoms with Gasteiger partial charge in [-0.25, -0.2) is 4.39 Å². The lowest BCUT2D eigenvalue weighted by Crippen LogP contribution is -2.14. The summed E-state index contributed by atoms with van der Waals surface area (Å²) in [7, 11) is 0. The van der Waals surface area contributed by atoms with E-state index >= 15 is 0 Å². The van der Waals surface area contributed by atoms with Crippen LogP contribution in [0.2, 0.25) is 0 Å². The summed E-state index contributed by atoms with van der Waals surface area (Å²) < 4.78 is 13.3. The monoisotopic (exact) mass is 249 g/mol. The number of thioether (sulfide) groups is 1. The van der Waals surface area contributed by atoms with E-state index in [9.17, 15) is 4.39 Å². The molecule has 90 valence electrons. The summed E-state index contributed by atoms with van der Waals surface area (Å²) in [6, 6.07) is 6.60. The van der Waals surface area contributed by atoms with Crippen LogP contribution in [0.4, 0.5) is 4.39 Å². The molecule has 0 aliphatic heterocycles. The topological polar surface area (TPSA) is 23.8 Å². The summed E-state index contributed by atoms with van der Waals surface area (Å²) in [4.78, 5) is 0.889. The predicted molar refractivity (Wildman–Crippen MR) is 68.4 cm³/mol. The van der Waals surface area contributed by atoms with Gasteiger partial charge in [0.1, 0.15) is 5.82 Å². The van der Waals surface area contributed by atoms with E-state index in [-0.39, 0.29) is 5.82 Å². The Morgan fingerprint density at radius 2 is 2.18 bits per heavy atom. The van der Waals surface area contributed by atoms with Gasteiger partial charge in [0, 0.05) is 10.1 Å². The molecule has 2 unspecified atom stereocenters. The van der Waals surface area contributed by atoms with E-state index in [0.29, 0.717) is 10.8 Å². The number of nitriles is 1. The minimum Gasteiger partial charge on any atom is -0.207 e. The van der Waals surface area contributed by atoms with Crippen LogP contribution in [-0.2, 0) is 0 Å². The van der Waals surface area contributed by atoms with Gasteiger partial charge in [0.25, 0.3) is 0 Å². The molecule has 3 heteroatoms. The Balaban J connectivity index is 2.07. The molecule has 17 heavy (non-hydrogen) atoms. The Hall–Kier alpha value is -1.01. The van der Waals surface area contributed by atoms with Crippen molar-refractivity contribution in [1.82, 2.24) is 0 Å². The fourth-order valence-corrected chi connectivity index (χ4v) is 3.84. The predicted octanol–water partition coefficient (Wildman–Crippen LogP) is 4.37. The van der Waals surface area contributed by atoms with E-state index in [1.807, 2.05) is 6.07 Å². The van der Waals surface area contributed by atoms with E-state index in [4.69, 9.17) is 5.26 Å². The molecule has 0 radical (unpaired) electrons. The largest absolute Gasteiger partial charge is 0.207 e. The van der Waals surface area contributed by atoms with Gasteiger partial charge >= 0.3 is 0 Å². The Labute approximate surface area is 106 Å². The van der Waals surface area contributed by atoms with Crippen LogP contribution >= 0.6 is 11.8 Å². The van der Waals surface area contributed by atoms with Crippen molar-refractivity contribution in [2.45, 2.75) is 42.8 Å². The van der Waals surface area contributed by atoms with Gasteiger partial charge in [0.05, 0.1) is 11.6 Å². The maximum absolute atomic E-state index is 13.3. The third-order valence-electron chi connectivity index (χ3n) is 3.19. The van der Waals surface area contributed by atoms with Gasteiger partial charge < -0.3 is 0 Å². The molecule has 1 nitrogen and oxygen atoms in total. The second-order valence-electron chi connectivity index (χ2n) is 4.80. The van der Waals surface area contributed by atoms with Gasteiger partial charge in [0.2, 0.25) is 0 Å². The van der Waals surface area contributed by atoms with Crippen LogP contribution in [0.5, 0.6) is 0 Å². The Morgan fingerprint density at radius 1 is 1.35 bits per heavy atom. The highest BCUT2D eigenvalue weighted by atomic mass is 32.2. The number of rotatable bonds is 2. The molecular weight excluding hydrogens is 233 g/mol. The SMILES string of the molecule is CC1CCCC(Sc2cc(F)cc(C#N)c2)C1. The van der Waals surface area contributed by atoms with Gasteiger partial charge in [-0.15, -0.1) is 11.8 Å². The van der Waals surface area contributed by atoms with Crippen LogP contribution in [0.3, 0.4) is 0 Å². The van der Waals surface area contributed by atoms with Crippen molar-refractivity contribution in [1.29, 1.82) is 5.26 Å². The molecule has 1 saturated carbocycles. The minimum absolute atomic E-state index is 0.310. The molecule has 1 aromatic carbocycles. The Bertz CT molecular complexity index is 438. The van der Waals surface area contributed by atoms with Gasteiger partial charge in [-0.05, 0) is 37.0 Å². The molecule has 0 saturated heterocycles. The summed E-state index contributed by atoms with van der Waals surface area (Å²) in [6.07, 6.45) is 4.97. The molecule has 2 rings (SSSR count). The lowest BCUT2D eigenvalue weighted by atomic mass is 9.91. The van der Waals surface area contributed by atoms with Crippen molar-refractivity contribution in [3.8, 4) is 6.07 Å². The highest BCUT2D eigenvalue weighted by molar-refractivity contribution is 8.00. The quantitative estimate of drug-likeness (QED) is 0.777. The standard InChI is InChI=1S/C14H16FNS/c1-10-3-2-4-13(5-10)17-14-7-11(9-16)6-12(15)8-14/h6-8,10,13H,2-5H2,1H3. The minimum atomic E-state index is -0.310. The molecule has 1 aliphatic carbocycles. The Kier molecular flexibility index (Phi) is 4.06. The van der Waals surface area contributed by atoms with Gasteiger partial charge in [0.15, 0.2) is 0 Å². The van der Waals surface area contributed by atoms with E-state index in [2.05, 4.69) is 6.92 Å². The number of halogens is 1. The van der Waals surface area contributed by atoms with Crippen LogP contribution in [0.15, 0.2) is 23.1 Å². The van der Waals surface area contributed by atoms with Crippen LogP contribution in [0.1, 0.15) is 38.2 Å². The maximum Gasteiger partial charge on any atom is 0.125 e. The van der Waals surface area contributed by atoms with E-state index in [1.165, 1.54) is 37.8 Å². The third-order valence-corrected chi connectivity index (χ3v) is 4.46. The molecule has 0 aromatic heterocycles. The van der Waals surface area contributed by atoms with Crippen LogP contribution in [0.25, 0.3) is 0 Å². The summed E-state index contributed by atoms with van der Waals surface area (Å²) in [6.45, 7) is 2.28. The van der Waals surface area contributed by atoms with Crippen LogP contribution in [0, 0.1) is 23.1 Å². The average molecular weight is 249 g/mol. The van der Waals surface area contributed by atoms with Crippen molar-refractivity contribution in [2.24, 2.45) is 5.92 Å². The summed E-state index contributed by atoms with van der Waals surface area (Å²) >= 11 is 1.72. The van der Waals surface area contributed by atoms with Gasteiger partial charge in [-0.2, -0.15) is 5.26 Å². The van der Waals surface area contributed by atoms with Crippen molar-refractivity contribution in [2.75, 3.05) is 0 Å². The fourth-order valence-electron chi connectivity index (χ4n) is 2.37. The highest BCUT2D eigenvalue weighted by Gasteiger charge is 2.20. The zero-order chi connectivity index (χ0) is 12.3. The lowest BCUT2D eigenvalue weighted by Gasteiger charge is -2.26. The number of hydrogen-bond donors (Lipinski definition) is 0. The third kappa shape index (κ3) is 3.47. The van der Waals surface area contributed by atoms with Crippen LogP contribution < -0.4 is 0 Å². The highest BCUT2D eigenvalue weighted by Crippen LogP contribution is 2.36. The second kappa shape index (κ2) is 5.55. The zero-order valence-corrected chi connectivity index (χ0v) is 10.8. The molecule has 0 bridgehead atoms. The van der Waals surface area contributed by atoms with Crippen molar-refractivity contribution in [3.05, 3.63) is 29.6 Å². The molecule has 1 fully saturated rings. The molecule has 0 N–H and O–H groups in total. The maximum atomic E-state index is 13.3. The molecular formula is C14H16FNS. The number of nitrogens with zero attached hydrogens (tertiary/aromatic N) is 1. The van der Waals surface area contributed by atoms with E-state index in [1.54, 1.807) is 17.8 Å². The summed E-state index contributed by atoms with van der Waals surface area (Å²) in [5.41, 5.74) is 0.413. The zero-order valence-electron chi connectivity index (χ0n) is 9.95. The van der Waals surface area contributed by atoms with Crippen molar-refractivity contribution >= 4 is 11.8 Å². The molecule has 1 aromatic rings. The number of benzene rings is 1. The first-order valence-electron chi connectivity index (χ1n) is 6.04. The molecule has 0 spiro atoms. The molecule has 0 amide bonds. The Morgan fingerprint density at radius 3 is 2.88 bits per heavy atom. The van der Waals surface area contributed by atoms with E-state index < -0.39 is 0 Å². The molecule has 0 heterocycles. The smallest absolute Gasteiger partial charge is 0.125 e. The normalized spacial score (nSPS) is 24.3. The number of hydrogen-bond acceptors (Lipinski definition) is 2. The first-order valence-corrected chi connectivity index (χ1v) is 6.92. The van der Waals surface area contributed by atoms with Crippen molar-refractivity contribution < 1.29 is 4.39 Å². The average Bonchev–Trinajstić information content (AvgIpc) is 2.28. The molecule has 1 aliphatic rings. The lowest BCUT2D eigenvalue weighted by molar-refractivity contribution is 0.394.